The van der Waals surface area contributed by atoms with Crippen LogP contribution in [0, 0.1) is 16.7 Å². The number of piperidine rings is 1. The third-order valence-corrected chi connectivity index (χ3v) is 8.03. The van der Waals surface area contributed by atoms with Crippen LogP contribution in [-0.2, 0) is 11.3 Å². The molecule has 8 nitrogen and oxygen atoms in total. The molecule has 1 unspecified atom stereocenters. The zero-order chi connectivity index (χ0) is 28.3. The third kappa shape index (κ3) is 6.60. The number of nitrogens with one attached hydrogen (secondary N) is 1. The highest BCUT2D eigenvalue weighted by Gasteiger charge is 2.29. The molecular weight excluding hydrogens is 512 g/mol. The molecule has 2 aromatic carbocycles. The van der Waals surface area contributed by atoms with E-state index in [1.165, 1.54) is 0 Å². The highest BCUT2D eigenvalue weighted by Crippen LogP contribution is 2.32. The largest absolute Gasteiger partial charge is 0.340 e. The van der Waals surface area contributed by atoms with Crippen LogP contribution < -0.4 is 5.32 Å². The van der Waals surface area contributed by atoms with Crippen molar-refractivity contribution in [2.45, 2.75) is 65.6 Å². The summed E-state index contributed by atoms with van der Waals surface area (Å²) in [5, 5.41) is 12.6. The van der Waals surface area contributed by atoms with Crippen molar-refractivity contribution in [1.82, 2.24) is 19.4 Å². The van der Waals surface area contributed by atoms with Crippen LogP contribution in [-0.4, -0.2) is 57.3 Å². The van der Waals surface area contributed by atoms with Gasteiger partial charge in [0.25, 0.3) is 5.91 Å². The number of rotatable bonds is 7. The molecule has 0 bridgehead atoms. The van der Waals surface area contributed by atoms with Gasteiger partial charge in [-0.1, -0.05) is 38.4 Å². The summed E-state index contributed by atoms with van der Waals surface area (Å²) in [4.78, 5) is 34.6. The van der Waals surface area contributed by atoms with E-state index in [4.69, 9.17) is 21.8 Å². The molecule has 1 N–H and O–H groups in total. The number of anilines is 1. The van der Waals surface area contributed by atoms with Crippen LogP contribution in [0.3, 0.4) is 0 Å². The second kappa shape index (κ2) is 11.8. The number of nitrogens with zero attached hydrogens (tertiary/aromatic N) is 5. The summed E-state index contributed by atoms with van der Waals surface area (Å²) >= 11 is 6.01. The summed E-state index contributed by atoms with van der Waals surface area (Å²) in [5.41, 5.74) is 3.45. The van der Waals surface area contributed by atoms with Crippen molar-refractivity contribution >= 4 is 40.4 Å². The van der Waals surface area contributed by atoms with Gasteiger partial charge in [-0.3, -0.25) is 19.8 Å². The number of likely N-dealkylation sites (tertiary alicyclic amines) is 1. The Hall–Kier alpha value is -3.41. The highest BCUT2D eigenvalue weighted by molar-refractivity contribution is 6.30. The van der Waals surface area contributed by atoms with E-state index in [0.717, 1.165) is 36.0 Å². The Morgan fingerprint density at radius 3 is 2.62 bits per heavy atom. The number of hydrogen-bond donors (Lipinski definition) is 1. The van der Waals surface area contributed by atoms with Gasteiger partial charge >= 0.3 is 0 Å². The normalized spacial score (nSPS) is 16.8. The van der Waals surface area contributed by atoms with Crippen molar-refractivity contribution in [1.29, 1.82) is 5.26 Å². The molecule has 206 valence electrons. The first-order valence-corrected chi connectivity index (χ1v) is 13.8. The Balaban J connectivity index is 1.69. The van der Waals surface area contributed by atoms with Crippen LogP contribution in [0.15, 0.2) is 42.5 Å². The van der Waals surface area contributed by atoms with Crippen LogP contribution >= 0.6 is 11.6 Å². The summed E-state index contributed by atoms with van der Waals surface area (Å²) in [6.45, 7) is 10.8. The fraction of sp³-hybridized carbons (Fsp3) is 0.467. The molecule has 0 spiro atoms. The van der Waals surface area contributed by atoms with E-state index in [9.17, 15) is 9.59 Å². The maximum atomic E-state index is 13.2. The van der Waals surface area contributed by atoms with Gasteiger partial charge < -0.3 is 9.47 Å². The fourth-order valence-electron chi connectivity index (χ4n) is 5.13. The van der Waals surface area contributed by atoms with Crippen molar-refractivity contribution in [2.75, 3.05) is 25.5 Å². The van der Waals surface area contributed by atoms with Crippen molar-refractivity contribution in [2.24, 2.45) is 5.41 Å². The molecule has 0 radical (unpaired) electrons. The van der Waals surface area contributed by atoms with Gasteiger partial charge in [-0.15, -0.1) is 0 Å². The maximum absolute atomic E-state index is 13.2. The lowest BCUT2D eigenvalue weighted by atomic mass is 9.87. The van der Waals surface area contributed by atoms with Crippen LogP contribution in [0.4, 0.5) is 5.95 Å². The van der Waals surface area contributed by atoms with Crippen LogP contribution in [0.5, 0.6) is 0 Å². The molecule has 2 amide bonds. The Kier molecular flexibility index (Phi) is 8.63. The number of nitriles is 1. The van der Waals surface area contributed by atoms with Gasteiger partial charge in [0.2, 0.25) is 11.9 Å². The zero-order valence-corrected chi connectivity index (χ0v) is 24.1. The second-order valence-electron chi connectivity index (χ2n) is 11.5. The summed E-state index contributed by atoms with van der Waals surface area (Å²) in [6, 6.07) is 15.2. The van der Waals surface area contributed by atoms with Crippen LogP contribution in [0.1, 0.15) is 68.9 Å². The van der Waals surface area contributed by atoms with Gasteiger partial charge in [0, 0.05) is 36.3 Å². The minimum atomic E-state index is -0.282. The van der Waals surface area contributed by atoms with Gasteiger partial charge in [0.15, 0.2) is 0 Å². The van der Waals surface area contributed by atoms with Crippen molar-refractivity contribution in [3.05, 3.63) is 58.6 Å². The summed E-state index contributed by atoms with van der Waals surface area (Å²) in [5.74, 6) is -0.00911. The first-order valence-electron chi connectivity index (χ1n) is 13.4. The molecular formula is C30H37ClN6O2. The van der Waals surface area contributed by atoms with Gasteiger partial charge in [0.05, 0.1) is 23.1 Å². The third-order valence-electron chi connectivity index (χ3n) is 7.78. The first-order chi connectivity index (χ1) is 18.5. The molecule has 1 saturated heterocycles. The number of benzene rings is 2. The monoisotopic (exact) mass is 548 g/mol. The Bertz CT molecular complexity index is 1390. The number of aromatic nitrogens is 2. The molecule has 1 aliphatic heterocycles. The number of carbonyl (C=O) groups is 2. The Morgan fingerprint density at radius 1 is 1.23 bits per heavy atom. The number of carbonyl (C=O) groups excluding carboxylic acids is 2. The van der Waals surface area contributed by atoms with Crippen molar-refractivity contribution < 1.29 is 9.59 Å². The van der Waals surface area contributed by atoms with Crippen molar-refractivity contribution in [3.63, 3.8) is 0 Å². The van der Waals surface area contributed by atoms with Gasteiger partial charge in [0.1, 0.15) is 6.42 Å². The maximum Gasteiger partial charge on any atom is 0.257 e. The molecule has 9 heteroatoms. The molecule has 0 saturated carbocycles. The smallest absolute Gasteiger partial charge is 0.257 e. The molecule has 3 aromatic rings. The van der Waals surface area contributed by atoms with Gasteiger partial charge in [-0.05, 0) is 74.2 Å². The lowest BCUT2D eigenvalue weighted by molar-refractivity contribution is -0.131. The molecule has 2 heterocycles. The Morgan fingerprint density at radius 2 is 1.95 bits per heavy atom. The van der Waals surface area contributed by atoms with Gasteiger partial charge in [-0.2, -0.15) is 5.26 Å². The SMILES string of the molecule is C[C@H](N(C)Cc1ccc2c(c1)nc(NC(=O)c1ccc(Cl)cc1)n2C1CCCN(C(=O)CC#N)C1)C(C)(C)C. The number of halogens is 1. The molecule has 4 rings (SSSR count). The molecule has 2 atom stereocenters. The number of imidazole rings is 1. The molecule has 1 fully saturated rings. The minimum absolute atomic E-state index is 0.0821. The standard InChI is InChI=1S/C30H37ClN6O2/c1-20(30(2,3)4)35(5)18-21-8-13-26-25(17-21)33-29(34-28(39)22-9-11-23(31)12-10-22)37(26)24-7-6-16-36(19-24)27(38)14-15-32/h8-13,17,20,24H,6-7,14,16,18-19H2,1-5H3,(H,33,34,39)/t20-,24?/m0/s1. The van der Waals surface area contributed by atoms with E-state index < -0.39 is 0 Å². The topological polar surface area (TPSA) is 94.3 Å². The fourth-order valence-corrected chi connectivity index (χ4v) is 5.26. The summed E-state index contributed by atoms with van der Waals surface area (Å²) in [6.07, 6.45) is 1.50. The molecule has 39 heavy (non-hydrogen) atoms. The van der Waals surface area contributed by atoms with E-state index >= 15 is 0 Å². The summed E-state index contributed by atoms with van der Waals surface area (Å²) in [7, 11) is 2.13. The number of hydrogen-bond acceptors (Lipinski definition) is 5. The zero-order valence-electron chi connectivity index (χ0n) is 23.4. The van der Waals surface area contributed by atoms with E-state index in [1.54, 1.807) is 29.2 Å². The molecule has 1 aromatic heterocycles. The first kappa shape index (κ1) is 28.6. The lowest BCUT2D eigenvalue weighted by Gasteiger charge is -2.35. The summed E-state index contributed by atoms with van der Waals surface area (Å²) < 4.78 is 2.04. The average molecular weight is 549 g/mol. The van der Waals surface area contributed by atoms with Crippen LogP contribution in [0.2, 0.25) is 5.02 Å². The van der Waals surface area contributed by atoms with Crippen LogP contribution in [0.25, 0.3) is 11.0 Å². The van der Waals surface area contributed by atoms with E-state index in [-0.39, 0.29) is 29.7 Å². The second-order valence-corrected chi connectivity index (χ2v) is 12.0. The van der Waals surface area contributed by atoms with Gasteiger partial charge in [-0.25, -0.2) is 4.98 Å². The Labute approximate surface area is 235 Å². The quantitative estimate of drug-likeness (QED) is 0.397. The predicted molar refractivity (Wildman–Crippen MR) is 155 cm³/mol. The molecule has 1 aliphatic rings. The highest BCUT2D eigenvalue weighted by atomic mass is 35.5. The molecule has 0 aliphatic carbocycles. The van der Waals surface area contributed by atoms with E-state index in [1.807, 2.05) is 10.6 Å². The van der Waals surface area contributed by atoms with Crippen molar-refractivity contribution in [3.8, 4) is 6.07 Å². The average Bonchev–Trinajstić information content (AvgIpc) is 3.25. The van der Waals surface area contributed by atoms with E-state index in [2.05, 4.69) is 63.2 Å². The lowest BCUT2D eigenvalue weighted by Crippen LogP contribution is -2.40. The predicted octanol–water partition coefficient (Wildman–Crippen LogP) is 5.89. The number of amides is 2. The van der Waals surface area contributed by atoms with E-state index in [0.29, 0.717) is 35.7 Å². The minimum Gasteiger partial charge on any atom is -0.340 e. The number of fused-ring (bicyclic) bond motifs is 1.